The fourth-order valence-electron chi connectivity index (χ4n) is 2.25. The molecule has 1 aromatic heterocycles. The lowest BCUT2D eigenvalue weighted by atomic mass is 10.4. The molecule has 1 aliphatic rings. The lowest BCUT2D eigenvalue weighted by molar-refractivity contribution is 0.222. The van der Waals surface area contributed by atoms with Gasteiger partial charge in [0.25, 0.3) is 0 Å². The largest absolute Gasteiger partial charge is 0.363 e. The Bertz CT molecular complexity index is 518. The first-order valence-corrected chi connectivity index (χ1v) is 8.54. The molecule has 0 radical (unpaired) electrons. The van der Waals surface area contributed by atoms with Crippen LogP contribution < -0.4 is 5.32 Å². The predicted octanol–water partition coefficient (Wildman–Crippen LogP) is 0.450. The molecular weight excluding hydrogens is 276 g/mol. The molecule has 7 heteroatoms. The second kappa shape index (κ2) is 6.71. The highest BCUT2D eigenvalue weighted by Gasteiger charge is 2.28. The van der Waals surface area contributed by atoms with E-state index in [1.54, 1.807) is 16.6 Å². The highest BCUT2D eigenvalue weighted by molar-refractivity contribution is 7.89. The molecule has 2 heterocycles. The van der Waals surface area contributed by atoms with Crippen molar-refractivity contribution in [3.8, 4) is 0 Å². The zero-order valence-electron chi connectivity index (χ0n) is 12.2. The van der Waals surface area contributed by atoms with Gasteiger partial charge in [0.15, 0.2) is 0 Å². The number of piperazine rings is 1. The molecule has 0 atom stereocenters. The van der Waals surface area contributed by atoms with Crippen molar-refractivity contribution in [3.63, 3.8) is 0 Å². The summed E-state index contributed by atoms with van der Waals surface area (Å²) in [6, 6.07) is 1.73. The van der Waals surface area contributed by atoms with E-state index < -0.39 is 10.0 Å². The molecule has 0 amide bonds. The average molecular weight is 300 g/mol. The van der Waals surface area contributed by atoms with Gasteiger partial charge in [-0.15, -0.1) is 0 Å². The van der Waals surface area contributed by atoms with Gasteiger partial charge in [0.2, 0.25) is 10.0 Å². The van der Waals surface area contributed by atoms with Crippen LogP contribution >= 0.6 is 0 Å². The minimum atomic E-state index is -3.35. The van der Waals surface area contributed by atoms with Crippen LogP contribution in [0, 0.1) is 0 Å². The smallest absolute Gasteiger partial charge is 0.244 e. The fraction of sp³-hybridized carbons (Fsp3) is 0.692. The standard InChI is InChI=1S/C13H24N4O2S/c1-3-4-14-10-12-9-13(11-15-12)20(18,19)17-7-5-16(2)6-8-17/h9,11,14-15H,3-8,10H2,1-2H3. The van der Waals surface area contributed by atoms with E-state index in [9.17, 15) is 8.42 Å². The van der Waals surface area contributed by atoms with Crippen molar-refractivity contribution in [2.75, 3.05) is 39.8 Å². The summed E-state index contributed by atoms with van der Waals surface area (Å²) in [6.45, 7) is 6.40. The third kappa shape index (κ3) is 3.60. The van der Waals surface area contributed by atoms with Gasteiger partial charge in [-0.05, 0) is 26.1 Å². The SMILES string of the molecule is CCCNCc1cc(S(=O)(=O)N2CCN(C)CC2)c[nH]1. The van der Waals surface area contributed by atoms with Gasteiger partial charge in [0, 0.05) is 44.6 Å². The number of aromatic amines is 1. The van der Waals surface area contributed by atoms with Crippen molar-refractivity contribution < 1.29 is 8.42 Å². The Hall–Kier alpha value is -0.890. The number of rotatable bonds is 6. The van der Waals surface area contributed by atoms with Gasteiger partial charge in [-0.2, -0.15) is 4.31 Å². The number of nitrogens with one attached hydrogen (secondary N) is 2. The summed E-state index contributed by atoms with van der Waals surface area (Å²) in [5.74, 6) is 0. The lowest BCUT2D eigenvalue weighted by Gasteiger charge is -2.31. The Morgan fingerprint density at radius 2 is 2.00 bits per heavy atom. The molecule has 6 nitrogen and oxygen atoms in total. The quantitative estimate of drug-likeness (QED) is 0.749. The van der Waals surface area contributed by atoms with E-state index >= 15 is 0 Å². The van der Waals surface area contributed by atoms with Crippen molar-refractivity contribution in [3.05, 3.63) is 18.0 Å². The van der Waals surface area contributed by atoms with Gasteiger partial charge in [0.05, 0.1) is 4.90 Å². The van der Waals surface area contributed by atoms with E-state index in [2.05, 4.69) is 22.1 Å². The second-order valence-corrected chi connectivity index (χ2v) is 7.18. The highest BCUT2D eigenvalue weighted by Crippen LogP contribution is 2.18. The molecule has 2 rings (SSSR count). The Morgan fingerprint density at radius 3 is 2.65 bits per heavy atom. The molecule has 2 N–H and O–H groups in total. The minimum absolute atomic E-state index is 0.371. The van der Waals surface area contributed by atoms with E-state index in [0.29, 0.717) is 24.5 Å². The second-order valence-electron chi connectivity index (χ2n) is 5.24. The maximum Gasteiger partial charge on any atom is 0.244 e. The van der Waals surface area contributed by atoms with E-state index in [-0.39, 0.29) is 0 Å². The molecule has 0 saturated carbocycles. The van der Waals surface area contributed by atoms with E-state index in [1.807, 2.05) is 7.05 Å². The first-order valence-electron chi connectivity index (χ1n) is 7.10. The number of likely N-dealkylation sites (N-methyl/N-ethyl adjacent to an activating group) is 1. The summed E-state index contributed by atoms with van der Waals surface area (Å²) < 4.78 is 26.6. The van der Waals surface area contributed by atoms with Crippen LogP contribution in [0.15, 0.2) is 17.2 Å². The molecule has 1 aromatic rings. The van der Waals surface area contributed by atoms with Crippen LogP contribution in [-0.2, 0) is 16.6 Å². The topological polar surface area (TPSA) is 68.4 Å². The molecule has 1 saturated heterocycles. The highest BCUT2D eigenvalue weighted by atomic mass is 32.2. The van der Waals surface area contributed by atoms with Crippen molar-refractivity contribution in [1.29, 1.82) is 0 Å². The summed E-state index contributed by atoms with van der Waals surface area (Å²) in [5, 5.41) is 3.26. The normalized spacial score (nSPS) is 18.5. The molecule has 0 bridgehead atoms. The van der Waals surface area contributed by atoms with Gasteiger partial charge >= 0.3 is 0 Å². The van der Waals surface area contributed by atoms with Gasteiger partial charge in [-0.3, -0.25) is 0 Å². The zero-order valence-corrected chi connectivity index (χ0v) is 13.0. The summed E-state index contributed by atoms with van der Waals surface area (Å²) >= 11 is 0. The average Bonchev–Trinajstić information content (AvgIpc) is 2.89. The first kappa shape index (κ1) is 15.5. The lowest BCUT2D eigenvalue weighted by Crippen LogP contribution is -2.46. The summed E-state index contributed by atoms with van der Waals surface area (Å²) in [4.78, 5) is 5.55. The van der Waals surface area contributed by atoms with Crippen LogP contribution in [-0.4, -0.2) is 62.4 Å². The molecule has 0 aromatic carbocycles. The van der Waals surface area contributed by atoms with Gasteiger partial charge in [-0.1, -0.05) is 6.92 Å². The monoisotopic (exact) mass is 300 g/mol. The van der Waals surface area contributed by atoms with Crippen LogP contribution in [0.4, 0.5) is 0 Å². The van der Waals surface area contributed by atoms with Crippen molar-refractivity contribution in [2.45, 2.75) is 24.8 Å². The van der Waals surface area contributed by atoms with Crippen LogP contribution in [0.1, 0.15) is 19.0 Å². The van der Waals surface area contributed by atoms with Gasteiger partial charge in [0.1, 0.15) is 0 Å². The molecule has 1 aliphatic heterocycles. The van der Waals surface area contributed by atoms with Crippen LogP contribution in [0.2, 0.25) is 0 Å². The Kier molecular flexibility index (Phi) is 5.20. The molecule has 1 fully saturated rings. The maximum absolute atomic E-state index is 12.5. The molecule has 0 aliphatic carbocycles. The molecule has 20 heavy (non-hydrogen) atoms. The third-order valence-electron chi connectivity index (χ3n) is 3.56. The minimum Gasteiger partial charge on any atom is -0.363 e. The fourth-order valence-corrected chi connectivity index (χ4v) is 3.69. The zero-order chi connectivity index (χ0) is 14.6. The van der Waals surface area contributed by atoms with Gasteiger partial charge < -0.3 is 15.2 Å². The molecule has 0 spiro atoms. The van der Waals surface area contributed by atoms with Crippen LogP contribution in [0.5, 0.6) is 0 Å². The summed E-state index contributed by atoms with van der Waals surface area (Å²) in [5.41, 5.74) is 0.908. The van der Waals surface area contributed by atoms with E-state index in [1.165, 1.54) is 0 Å². The van der Waals surface area contributed by atoms with Crippen molar-refractivity contribution >= 4 is 10.0 Å². The molecular formula is C13H24N4O2S. The first-order chi connectivity index (χ1) is 9.54. The number of aromatic nitrogens is 1. The van der Waals surface area contributed by atoms with E-state index in [4.69, 9.17) is 0 Å². The summed E-state index contributed by atoms with van der Waals surface area (Å²) in [7, 11) is -1.34. The number of H-pyrrole nitrogens is 1. The third-order valence-corrected chi connectivity index (χ3v) is 5.43. The number of nitrogens with zero attached hydrogens (tertiary/aromatic N) is 2. The van der Waals surface area contributed by atoms with Crippen LogP contribution in [0.3, 0.4) is 0 Å². The van der Waals surface area contributed by atoms with Crippen molar-refractivity contribution in [1.82, 2.24) is 19.5 Å². The number of hydrogen-bond acceptors (Lipinski definition) is 4. The van der Waals surface area contributed by atoms with Crippen LogP contribution in [0.25, 0.3) is 0 Å². The molecule has 0 unspecified atom stereocenters. The Morgan fingerprint density at radius 1 is 1.30 bits per heavy atom. The number of hydrogen-bond donors (Lipinski definition) is 2. The van der Waals surface area contributed by atoms with Crippen molar-refractivity contribution in [2.24, 2.45) is 0 Å². The number of sulfonamides is 1. The Labute approximate surface area is 121 Å². The summed E-state index contributed by atoms with van der Waals surface area (Å²) in [6.07, 6.45) is 2.66. The predicted molar refractivity (Wildman–Crippen MR) is 79.0 cm³/mol. The molecule has 114 valence electrons. The maximum atomic E-state index is 12.5. The Balaban J connectivity index is 2.02. The van der Waals surface area contributed by atoms with Gasteiger partial charge in [-0.25, -0.2) is 8.42 Å². The van der Waals surface area contributed by atoms with E-state index in [0.717, 1.165) is 31.7 Å².